The van der Waals surface area contributed by atoms with Crippen molar-refractivity contribution < 1.29 is 4.79 Å². The number of aromatic nitrogens is 1. The largest absolute Gasteiger partial charge is 0.382 e. The summed E-state index contributed by atoms with van der Waals surface area (Å²) in [5.74, 6) is 0.384. The predicted molar refractivity (Wildman–Crippen MR) is 88.9 cm³/mol. The van der Waals surface area contributed by atoms with Crippen molar-refractivity contribution in [3.8, 4) is 0 Å². The Morgan fingerprint density at radius 1 is 1.52 bits per heavy atom. The van der Waals surface area contributed by atoms with Crippen LogP contribution in [-0.2, 0) is 0 Å². The van der Waals surface area contributed by atoms with E-state index in [1.807, 2.05) is 4.90 Å². The van der Waals surface area contributed by atoms with Crippen molar-refractivity contribution in [2.24, 2.45) is 0 Å². The van der Waals surface area contributed by atoms with Crippen LogP contribution in [0.4, 0.5) is 10.9 Å². The summed E-state index contributed by atoms with van der Waals surface area (Å²) in [6, 6.07) is 0.745. The second kappa shape index (κ2) is 7.11. The first-order valence-corrected chi connectivity index (χ1v) is 8.72. The molecule has 0 spiro atoms. The summed E-state index contributed by atoms with van der Waals surface area (Å²) in [7, 11) is 0. The lowest BCUT2D eigenvalue weighted by molar-refractivity contribution is 0.0691. The van der Waals surface area contributed by atoms with Gasteiger partial charge in [-0.2, -0.15) is 0 Å². The van der Waals surface area contributed by atoms with Crippen LogP contribution >= 0.6 is 11.3 Å². The molecule has 0 aromatic carbocycles. The third-order valence-corrected chi connectivity index (χ3v) is 4.88. The van der Waals surface area contributed by atoms with Gasteiger partial charge in [-0.3, -0.25) is 4.79 Å². The normalized spacial score (nSPS) is 15.8. The molecule has 1 aromatic heterocycles. The van der Waals surface area contributed by atoms with Gasteiger partial charge < -0.3 is 16.0 Å². The average molecular weight is 310 g/mol. The topological polar surface area (TPSA) is 71.2 Å². The molecule has 0 aliphatic heterocycles. The van der Waals surface area contributed by atoms with E-state index in [-0.39, 0.29) is 11.9 Å². The van der Waals surface area contributed by atoms with Crippen molar-refractivity contribution >= 4 is 28.2 Å². The summed E-state index contributed by atoms with van der Waals surface area (Å²) in [6.45, 7) is 7.12. The van der Waals surface area contributed by atoms with Crippen molar-refractivity contribution in [3.63, 3.8) is 0 Å². The van der Waals surface area contributed by atoms with Crippen LogP contribution in [0.3, 0.4) is 0 Å². The molecule has 1 unspecified atom stereocenters. The highest BCUT2D eigenvalue weighted by atomic mass is 32.1. The number of nitrogens with one attached hydrogen (secondary N) is 1. The fourth-order valence-electron chi connectivity index (χ4n) is 2.15. The summed E-state index contributed by atoms with van der Waals surface area (Å²) in [6.07, 6.45) is 5.40. The minimum atomic E-state index is 0.0247. The Kier molecular flexibility index (Phi) is 5.45. The SMILES string of the molecule is CCCCN(C(=O)c1sc(NC2CC2)nc1N)C(C)CC. The van der Waals surface area contributed by atoms with E-state index < -0.39 is 0 Å². The first-order chi connectivity index (χ1) is 10.1. The second-order valence-corrected chi connectivity index (χ2v) is 6.76. The zero-order chi connectivity index (χ0) is 15.4. The molecule has 5 nitrogen and oxygen atoms in total. The summed E-state index contributed by atoms with van der Waals surface area (Å²) in [4.78, 5) is 19.6. The minimum Gasteiger partial charge on any atom is -0.382 e. The van der Waals surface area contributed by atoms with Crippen LogP contribution in [0.2, 0.25) is 0 Å². The van der Waals surface area contributed by atoms with Gasteiger partial charge in [-0.15, -0.1) is 0 Å². The lowest BCUT2D eigenvalue weighted by Gasteiger charge is -2.28. The number of rotatable bonds is 8. The van der Waals surface area contributed by atoms with Gasteiger partial charge in [-0.05, 0) is 32.6 Å². The predicted octanol–water partition coefficient (Wildman–Crippen LogP) is 3.34. The molecule has 6 heteroatoms. The van der Waals surface area contributed by atoms with Crippen LogP contribution in [0.25, 0.3) is 0 Å². The molecule has 3 N–H and O–H groups in total. The summed E-state index contributed by atoms with van der Waals surface area (Å²) in [5.41, 5.74) is 5.96. The smallest absolute Gasteiger partial charge is 0.268 e. The Balaban J connectivity index is 2.12. The van der Waals surface area contributed by atoms with Gasteiger partial charge in [0.15, 0.2) is 5.13 Å². The highest BCUT2D eigenvalue weighted by Gasteiger charge is 2.27. The molecule has 118 valence electrons. The molecule has 1 fully saturated rings. The molecular weight excluding hydrogens is 284 g/mol. The van der Waals surface area contributed by atoms with E-state index in [9.17, 15) is 4.79 Å². The summed E-state index contributed by atoms with van der Waals surface area (Å²) in [5, 5.41) is 4.09. The third-order valence-electron chi connectivity index (χ3n) is 3.89. The number of amides is 1. The van der Waals surface area contributed by atoms with E-state index in [2.05, 4.69) is 31.1 Å². The summed E-state index contributed by atoms with van der Waals surface area (Å²) >= 11 is 1.39. The van der Waals surface area contributed by atoms with Crippen LogP contribution in [0.1, 0.15) is 62.5 Å². The molecule has 1 aliphatic rings. The van der Waals surface area contributed by atoms with E-state index in [0.29, 0.717) is 16.7 Å². The second-order valence-electron chi connectivity index (χ2n) is 5.76. The molecule has 0 radical (unpaired) electrons. The maximum absolute atomic E-state index is 12.8. The average Bonchev–Trinajstić information content (AvgIpc) is 3.20. The number of hydrogen-bond acceptors (Lipinski definition) is 5. The maximum atomic E-state index is 12.8. The Morgan fingerprint density at radius 3 is 2.81 bits per heavy atom. The number of nitrogens with zero attached hydrogens (tertiary/aromatic N) is 2. The van der Waals surface area contributed by atoms with E-state index in [1.54, 1.807) is 0 Å². The molecule has 0 saturated heterocycles. The van der Waals surface area contributed by atoms with Crippen molar-refractivity contribution in [2.45, 2.75) is 65.0 Å². The molecule has 1 aromatic rings. The van der Waals surface area contributed by atoms with E-state index in [0.717, 1.165) is 30.9 Å². The quantitative estimate of drug-likeness (QED) is 0.772. The van der Waals surface area contributed by atoms with E-state index >= 15 is 0 Å². The maximum Gasteiger partial charge on any atom is 0.268 e. The highest BCUT2D eigenvalue weighted by molar-refractivity contribution is 7.18. The molecule has 0 bridgehead atoms. The van der Waals surface area contributed by atoms with Gasteiger partial charge in [-0.25, -0.2) is 4.98 Å². The molecule has 2 rings (SSSR count). The van der Waals surface area contributed by atoms with Gasteiger partial charge in [0.25, 0.3) is 5.91 Å². The number of nitrogens with two attached hydrogens (primary N) is 1. The Labute approximate surface area is 130 Å². The van der Waals surface area contributed by atoms with Gasteiger partial charge in [0.1, 0.15) is 10.7 Å². The number of anilines is 2. The molecule has 1 amide bonds. The van der Waals surface area contributed by atoms with Crippen LogP contribution < -0.4 is 11.1 Å². The minimum absolute atomic E-state index is 0.0247. The van der Waals surface area contributed by atoms with Crippen molar-refractivity contribution in [1.29, 1.82) is 0 Å². The van der Waals surface area contributed by atoms with Gasteiger partial charge >= 0.3 is 0 Å². The number of thiazole rings is 1. The van der Waals surface area contributed by atoms with Crippen LogP contribution in [0.15, 0.2) is 0 Å². The monoisotopic (exact) mass is 310 g/mol. The Hall–Kier alpha value is -1.30. The van der Waals surface area contributed by atoms with Crippen LogP contribution in [-0.4, -0.2) is 34.4 Å². The molecule has 21 heavy (non-hydrogen) atoms. The van der Waals surface area contributed by atoms with E-state index in [1.165, 1.54) is 24.2 Å². The van der Waals surface area contributed by atoms with Crippen LogP contribution in [0, 0.1) is 0 Å². The van der Waals surface area contributed by atoms with Gasteiger partial charge in [0.05, 0.1) is 0 Å². The highest BCUT2D eigenvalue weighted by Crippen LogP contribution is 2.31. The number of carbonyl (C=O) groups excluding carboxylic acids is 1. The Bertz CT molecular complexity index is 484. The first-order valence-electron chi connectivity index (χ1n) is 7.90. The van der Waals surface area contributed by atoms with Crippen molar-refractivity contribution in [1.82, 2.24) is 9.88 Å². The number of carbonyl (C=O) groups is 1. The zero-order valence-electron chi connectivity index (χ0n) is 13.2. The van der Waals surface area contributed by atoms with Crippen LogP contribution in [0.5, 0.6) is 0 Å². The number of nitrogen functional groups attached to an aromatic ring is 1. The van der Waals surface area contributed by atoms with Gasteiger partial charge in [0, 0.05) is 18.6 Å². The van der Waals surface area contributed by atoms with Crippen molar-refractivity contribution in [3.05, 3.63) is 4.88 Å². The molecule has 1 saturated carbocycles. The standard InChI is InChI=1S/C15H26N4OS/c1-4-6-9-19(10(3)5-2)14(20)12-13(16)18-15(21-12)17-11-7-8-11/h10-11H,4-9,16H2,1-3H3,(H,17,18). The number of hydrogen-bond donors (Lipinski definition) is 2. The van der Waals surface area contributed by atoms with E-state index in [4.69, 9.17) is 5.73 Å². The number of unbranched alkanes of at least 4 members (excludes halogenated alkanes) is 1. The molecule has 1 atom stereocenters. The van der Waals surface area contributed by atoms with Gasteiger partial charge in [-0.1, -0.05) is 31.6 Å². The first kappa shape index (κ1) is 16.1. The third kappa shape index (κ3) is 4.09. The summed E-state index contributed by atoms with van der Waals surface area (Å²) < 4.78 is 0. The molecule has 1 aliphatic carbocycles. The lowest BCUT2D eigenvalue weighted by atomic mass is 10.2. The zero-order valence-corrected chi connectivity index (χ0v) is 14.0. The Morgan fingerprint density at radius 2 is 2.24 bits per heavy atom. The fourth-order valence-corrected chi connectivity index (χ4v) is 3.07. The molecule has 1 heterocycles. The van der Waals surface area contributed by atoms with Gasteiger partial charge in [0.2, 0.25) is 0 Å². The lowest BCUT2D eigenvalue weighted by Crippen LogP contribution is -2.39. The molecular formula is C15H26N4OS. The fraction of sp³-hybridized carbons (Fsp3) is 0.733. The van der Waals surface area contributed by atoms with Crippen molar-refractivity contribution in [2.75, 3.05) is 17.6 Å².